The van der Waals surface area contributed by atoms with Crippen LogP contribution in [0.4, 0.5) is 0 Å². The van der Waals surface area contributed by atoms with Crippen LogP contribution < -0.4 is 0 Å². The van der Waals surface area contributed by atoms with E-state index in [-0.39, 0.29) is 40.7 Å². The maximum atomic E-state index is 12.6. The molecular weight excluding hydrogens is 320 g/mol. The Balaban J connectivity index is 1.71. The van der Waals surface area contributed by atoms with Crippen LogP contribution in [0.2, 0.25) is 0 Å². The monoisotopic (exact) mass is 344 g/mol. The highest BCUT2D eigenvalue weighted by molar-refractivity contribution is 5.90. The summed E-state index contributed by atoms with van der Waals surface area (Å²) >= 11 is 0. The summed E-state index contributed by atoms with van der Waals surface area (Å²) < 4.78 is 16.2. The molecule has 0 spiro atoms. The lowest BCUT2D eigenvalue weighted by Crippen LogP contribution is -2.50. The third-order valence-electron chi connectivity index (χ3n) is 6.69. The molecule has 5 nitrogen and oxygen atoms in total. The van der Waals surface area contributed by atoms with Crippen molar-refractivity contribution < 1.29 is 23.5 Å². The van der Waals surface area contributed by atoms with E-state index in [1.54, 1.807) is 12.5 Å². The lowest BCUT2D eigenvalue weighted by molar-refractivity contribution is -0.159. The third kappa shape index (κ3) is 2.35. The van der Waals surface area contributed by atoms with Crippen LogP contribution in [0.1, 0.15) is 51.2 Å². The minimum absolute atomic E-state index is 0.107. The molecule has 1 aliphatic carbocycles. The molecule has 3 fully saturated rings. The summed E-state index contributed by atoms with van der Waals surface area (Å²) in [5.41, 5.74) is 0.823. The highest BCUT2D eigenvalue weighted by atomic mass is 16.5. The van der Waals surface area contributed by atoms with Gasteiger partial charge in [0.1, 0.15) is 6.10 Å². The Morgan fingerprint density at radius 2 is 2.04 bits per heavy atom. The number of furan rings is 1. The number of fused-ring (bicyclic) bond motifs is 1. The molecule has 5 heteroatoms. The number of carbonyl (C=O) groups is 2. The number of hydrogen-bond acceptors (Lipinski definition) is 5. The van der Waals surface area contributed by atoms with E-state index >= 15 is 0 Å². The van der Waals surface area contributed by atoms with Gasteiger partial charge in [-0.05, 0) is 30.7 Å². The summed E-state index contributed by atoms with van der Waals surface area (Å²) in [5, 5.41) is 0. The first-order chi connectivity index (χ1) is 11.8. The van der Waals surface area contributed by atoms with Crippen LogP contribution in [0, 0.1) is 22.7 Å². The molecule has 2 aliphatic heterocycles. The molecule has 0 aromatic carbocycles. The van der Waals surface area contributed by atoms with Gasteiger partial charge in [-0.15, -0.1) is 0 Å². The number of cyclic esters (lactones) is 2. The molecule has 4 rings (SSSR count). The number of hydrogen-bond donors (Lipinski definition) is 0. The van der Waals surface area contributed by atoms with E-state index in [4.69, 9.17) is 13.9 Å². The predicted molar refractivity (Wildman–Crippen MR) is 89.3 cm³/mol. The second-order valence-electron chi connectivity index (χ2n) is 8.32. The van der Waals surface area contributed by atoms with Crippen molar-refractivity contribution in [2.75, 3.05) is 6.61 Å². The second kappa shape index (κ2) is 5.48. The Kier molecular flexibility index (Phi) is 3.60. The van der Waals surface area contributed by atoms with E-state index in [9.17, 15) is 9.59 Å². The number of ether oxygens (including phenoxy) is 2. The SMILES string of the molecule is C=C1C(=O)O[C@H](c2ccoc2)C[C@@H]1[C@@]1(C)CCC[C@]2(C)COC(=O)[C@@H]21. The van der Waals surface area contributed by atoms with Gasteiger partial charge in [-0.3, -0.25) is 4.79 Å². The Bertz CT molecular complexity index is 720. The van der Waals surface area contributed by atoms with Crippen molar-refractivity contribution in [1.82, 2.24) is 0 Å². The highest BCUT2D eigenvalue weighted by Crippen LogP contribution is 2.61. The molecule has 134 valence electrons. The van der Waals surface area contributed by atoms with Crippen LogP contribution in [0.25, 0.3) is 0 Å². The maximum Gasteiger partial charge on any atom is 0.334 e. The molecule has 1 saturated carbocycles. The zero-order valence-corrected chi connectivity index (χ0v) is 14.7. The molecule has 2 saturated heterocycles. The van der Waals surface area contributed by atoms with Crippen LogP contribution in [-0.4, -0.2) is 18.5 Å². The summed E-state index contributed by atoms with van der Waals surface area (Å²) in [6.45, 7) is 8.76. The topological polar surface area (TPSA) is 65.7 Å². The van der Waals surface area contributed by atoms with Crippen molar-refractivity contribution >= 4 is 11.9 Å². The van der Waals surface area contributed by atoms with Gasteiger partial charge in [0.2, 0.25) is 0 Å². The Morgan fingerprint density at radius 1 is 1.24 bits per heavy atom. The fraction of sp³-hybridized carbons (Fsp3) is 0.600. The molecule has 0 bridgehead atoms. The molecule has 0 N–H and O–H groups in total. The fourth-order valence-corrected chi connectivity index (χ4v) is 5.44. The fourth-order valence-electron chi connectivity index (χ4n) is 5.44. The van der Waals surface area contributed by atoms with E-state index in [1.165, 1.54) is 0 Å². The molecule has 3 aliphatic rings. The number of carbonyl (C=O) groups excluding carboxylic acids is 2. The molecule has 1 aromatic rings. The van der Waals surface area contributed by atoms with E-state index < -0.39 is 0 Å². The van der Waals surface area contributed by atoms with Crippen LogP contribution >= 0.6 is 0 Å². The first kappa shape index (κ1) is 16.4. The number of esters is 2. The molecule has 0 radical (unpaired) electrons. The van der Waals surface area contributed by atoms with Crippen molar-refractivity contribution in [3.63, 3.8) is 0 Å². The standard InChI is InChI=1S/C20H24O5/c1-12-14(9-15(25-17(12)21)13-5-8-23-10-13)20(3)7-4-6-19(2)11-24-18(22)16(19)20/h5,8,10,14-16H,1,4,6-7,9,11H2,2-3H3/t14-,15-,16-,19+,20+/m0/s1. The predicted octanol–water partition coefficient (Wildman–Crippen LogP) is 3.81. The quantitative estimate of drug-likeness (QED) is 0.603. The van der Waals surface area contributed by atoms with E-state index in [0.29, 0.717) is 18.6 Å². The van der Waals surface area contributed by atoms with E-state index in [2.05, 4.69) is 20.4 Å². The minimum Gasteiger partial charge on any atom is -0.472 e. The van der Waals surface area contributed by atoms with Crippen LogP contribution in [0.15, 0.2) is 35.2 Å². The van der Waals surface area contributed by atoms with Gasteiger partial charge in [-0.25, -0.2) is 4.79 Å². The summed E-state index contributed by atoms with van der Waals surface area (Å²) in [6.07, 6.45) is 6.35. The van der Waals surface area contributed by atoms with Crippen LogP contribution in [0.3, 0.4) is 0 Å². The molecule has 5 atom stereocenters. The van der Waals surface area contributed by atoms with E-state index in [1.807, 2.05) is 6.07 Å². The molecule has 0 amide bonds. The zero-order chi connectivity index (χ0) is 17.8. The van der Waals surface area contributed by atoms with Crippen molar-refractivity contribution in [2.24, 2.45) is 22.7 Å². The molecule has 0 unspecified atom stereocenters. The Hall–Kier alpha value is -2.04. The first-order valence-electron chi connectivity index (χ1n) is 8.94. The lowest BCUT2D eigenvalue weighted by atomic mass is 9.51. The van der Waals surface area contributed by atoms with Crippen molar-refractivity contribution in [3.05, 3.63) is 36.3 Å². The summed E-state index contributed by atoms with van der Waals surface area (Å²) in [6, 6.07) is 1.82. The van der Waals surface area contributed by atoms with Crippen molar-refractivity contribution in [1.29, 1.82) is 0 Å². The minimum atomic E-state index is -0.373. The maximum absolute atomic E-state index is 12.6. The van der Waals surface area contributed by atoms with Gasteiger partial charge in [0, 0.05) is 22.5 Å². The summed E-state index contributed by atoms with van der Waals surface area (Å²) in [5.74, 6) is -0.811. The van der Waals surface area contributed by atoms with Gasteiger partial charge in [-0.2, -0.15) is 0 Å². The van der Waals surface area contributed by atoms with Gasteiger partial charge in [0.15, 0.2) is 0 Å². The van der Waals surface area contributed by atoms with Gasteiger partial charge < -0.3 is 13.9 Å². The average molecular weight is 344 g/mol. The largest absolute Gasteiger partial charge is 0.472 e. The zero-order valence-electron chi connectivity index (χ0n) is 14.7. The second-order valence-corrected chi connectivity index (χ2v) is 8.32. The Morgan fingerprint density at radius 3 is 2.76 bits per heavy atom. The van der Waals surface area contributed by atoms with Gasteiger partial charge in [0.25, 0.3) is 0 Å². The van der Waals surface area contributed by atoms with E-state index in [0.717, 1.165) is 24.8 Å². The smallest absolute Gasteiger partial charge is 0.334 e. The molecule has 1 aromatic heterocycles. The van der Waals surface area contributed by atoms with Crippen LogP contribution in [-0.2, 0) is 19.1 Å². The molecular formula is C20H24O5. The van der Waals surface area contributed by atoms with Crippen molar-refractivity contribution in [2.45, 2.75) is 45.6 Å². The average Bonchev–Trinajstić information content (AvgIpc) is 3.19. The van der Waals surface area contributed by atoms with Crippen molar-refractivity contribution in [3.8, 4) is 0 Å². The highest BCUT2D eigenvalue weighted by Gasteiger charge is 2.61. The molecule has 25 heavy (non-hydrogen) atoms. The van der Waals surface area contributed by atoms with Gasteiger partial charge in [0.05, 0.1) is 25.1 Å². The molecule has 3 heterocycles. The normalized spacial score (nSPS) is 41.2. The van der Waals surface area contributed by atoms with Crippen LogP contribution in [0.5, 0.6) is 0 Å². The Labute approximate surface area is 147 Å². The lowest BCUT2D eigenvalue weighted by Gasteiger charge is -2.51. The van der Waals surface area contributed by atoms with Gasteiger partial charge >= 0.3 is 11.9 Å². The first-order valence-corrected chi connectivity index (χ1v) is 8.94. The number of rotatable bonds is 2. The third-order valence-corrected chi connectivity index (χ3v) is 6.69. The summed E-state index contributed by atoms with van der Waals surface area (Å²) in [7, 11) is 0. The summed E-state index contributed by atoms with van der Waals surface area (Å²) in [4.78, 5) is 25.1. The van der Waals surface area contributed by atoms with Gasteiger partial charge in [-0.1, -0.05) is 26.8 Å².